The van der Waals surface area contributed by atoms with E-state index in [2.05, 4.69) is 4.18 Å². The molecule has 2 N–H and O–H groups in total. The van der Waals surface area contributed by atoms with Gasteiger partial charge in [-0.15, -0.1) is 0 Å². The summed E-state index contributed by atoms with van der Waals surface area (Å²) in [5.74, 6) is -1.67. The SMILES string of the molecule is CS(=O)(=O)OC[C@@H]1C[C@@H](C(=O)O)N(C(=O)O)C1. The van der Waals surface area contributed by atoms with Gasteiger partial charge >= 0.3 is 12.1 Å². The number of hydrogen-bond donors (Lipinski definition) is 2. The van der Waals surface area contributed by atoms with E-state index in [0.29, 0.717) is 0 Å². The highest BCUT2D eigenvalue weighted by Gasteiger charge is 2.40. The number of likely N-dealkylation sites (tertiary alicyclic amines) is 1. The van der Waals surface area contributed by atoms with Crippen LogP contribution in [0.15, 0.2) is 0 Å². The zero-order valence-corrected chi connectivity index (χ0v) is 9.88. The van der Waals surface area contributed by atoms with Crippen LogP contribution < -0.4 is 0 Å². The average molecular weight is 267 g/mol. The third-order valence-electron chi connectivity index (χ3n) is 2.44. The Hall–Kier alpha value is -1.35. The minimum atomic E-state index is -3.60. The molecule has 1 fully saturated rings. The fourth-order valence-electron chi connectivity index (χ4n) is 1.71. The number of carboxylic acid groups (broad SMARTS) is 2. The molecule has 9 heteroatoms. The number of carboxylic acids is 1. The normalized spacial score (nSPS) is 24.9. The fraction of sp³-hybridized carbons (Fsp3) is 0.750. The van der Waals surface area contributed by atoms with Gasteiger partial charge in [-0.25, -0.2) is 9.59 Å². The Balaban J connectivity index is 2.63. The van der Waals surface area contributed by atoms with Crippen LogP contribution in [0.2, 0.25) is 0 Å². The fourth-order valence-corrected chi connectivity index (χ4v) is 2.15. The Kier molecular flexibility index (Phi) is 3.94. The lowest BCUT2D eigenvalue weighted by Gasteiger charge is -2.16. The van der Waals surface area contributed by atoms with Crippen molar-refractivity contribution in [3.8, 4) is 0 Å². The van der Waals surface area contributed by atoms with Gasteiger partial charge in [-0.2, -0.15) is 8.42 Å². The lowest BCUT2D eigenvalue weighted by atomic mass is 10.1. The second-order valence-electron chi connectivity index (χ2n) is 3.88. The molecule has 1 saturated heterocycles. The van der Waals surface area contributed by atoms with Crippen LogP contribution in [0.25, 0.3) is 0 Å². The smallest absolute Gasteiger partial charge is 0.408 e. The standard InChI is InChI=1S/C8H13NO7S/c1-17(14,15)16-4-5-2-6(7(10)11)9(3-5)8(12)13/h5-6H,2-4H2,1H3,(H,10,11)(H,12,13)/t5-,6+/m1/s1. The number of nitrogens with zero attached hydrogens (tertiary/aromatic N) is 1. The van der Waals surface area contributed by atoms with Crippen LogP contribution in [-0.4, -0.2) is 61.0 Å². The molecule has 1 amide bonds. The topological polar surface area (TPSA) is 121 Å². The highest BCUT2D eigenvalue weighted by atomic mass is 32.2. The quantitative estimate of drug-likeness (QED) is 0.653. The van der Waals surface area contributed by atoms with E-state index in [4.69, 9.17) is 10.2 Å². The summed E-state index contributed by atoms with van der Waals surface area (Å²) in [6, 6.07) is -1.14. The van der Waals surface area contributed by atoms with Gasteiger partial charge in [0.05, 0.1) is 12.9 Å². The predicted molar refractivity (Wildman–Crippen MR) is 55.1 cm³/mol. The Labute approximate surface area is 97.9 Å². The van der Waals surface area contributed by atoms with Crippen LogP contribution in [0.3, 0.4) is 0 Å². The van der Waals surface area contributed by atoms with Crippen molar-refractivity contribution in [2.75, 3.05) is 19.4 Å². The first-order chi connectivity index (χ1) is 7.70. The minimum absolute atomic E-state index is 0.0399. The largest absolute Gasteiger partial charge is 0.480 e. The first-order valence-electron chi connectivity index (χ1n) is 4.77. The van der Waals surface area contributed by atoms with Gasteiger partial charge in [0.25, 0.3) is 10.1 Å². The van der Waals surface area contributed by atoms with E-state index in [1.807, 2.05) is 0 Å². The molecule has 0 bridgehead atoms. The van der Waals surface area contributed by atoms with Crippen LogP contribution in [0.5, 0.6) is 0 Å². The molecule has 0 unspecified atom stereocenters. The third kappa shape index (κ3) is 3.86. The van der Waals surface area contributed by atoms with E-state index in [9.17, 15) is 18.0 Å². The zero-order chi connectivity index (χ0) is 13.2. The maximum absolute atomic E-state index is 10.8. The molecule has 8 nitrogen and oxygen atoms in total. The molecule has 0 aromatic heterocycles. The first kappa shape index (κ1) is 13.7. The number of hydrogen-bond acceptors (Lipinski definition) is 5. The van der Waals surface area contributed by atoms with Crippen molar-refractivity contribution < 1.29 is 32.4 Å². The maximum atomic E-state index is 10.8. The molecule has 2 atom stereocenters. The summed E-state index contributed by atoms with van der Waals surface area (Å²) in [6.07, 6.45) is -0.401. The van der Waals surface area contributed by atoms with E-state index in [1.54, 1.807) is 0 Å². The lowest BCUT2D eigenvalue weighted by molar-refractivity contribution is -0.141. The molecule has 0 spiro atoms. The number of aliphatic carboxylic acids is 1. The summed E-state index contributed by atoms with van der Waals surface area (Å²) in [5.41, 5.74) is 0. The summed E-state index contributed by atoms with van der Waals surface area (Å²) < 4.78 is 26.0. The second-order valence-corrected chi connectivity index (χ2v) is 5.52. The van der Waals surface area contributed by atoms with Crippen molar-refractivity contribution in [1.82, 2.24) is 4.90 Å². The molecular weight excluding hydrogens is 254 g/mol. The Morgan fingerprint density at radius 3 is 2.35 bits per heavy atom. The molecule has 0 aromatic carbocycles. The second kappa shape index (κ2) is 4.88. The summed E-state index contributed by atoms with van der Waals surface area (Å²) in [7, 11) is -3.60. The van der Waals surface area contributed by atoms with E-state index in [-0.39, 0.29) is 19.6 Å². The van der Waals surface area contributed by atoms with E-state index >= 15 is 0 Å². The number of carbonyl (C=O) groups is 2. The Morgan fingerprint density at radius 1 is 1.41 bits per heavy atom. The van der Waals surface area contributed by atoms with Gasteiger partial charge in [0, 0.05) is 12.5 Å². The molecule has 0 aliphatic carbocycles. The monoisotopic (exact) mass is 267 g/mol. The lowest BCUT2D eigenvalue weighted by Crippen LogP contribution is -2.39. The molecule has 1 aliphatic rings. The molecule has 1 heterocycles. The van der Waals surface area contributed by atoms with Crippen molar-refractivity contribution in [2.45, 2.75) is 12.5 Å². The van der Waals surface area contributed by atoms with Crippen molar-refractivity contribution in [2.24, 2.45) is 5.92 Å². The van der Waals surface area contributed by atoms with Gasteiger partial charge in [0.2, 0.25) is 0 Å². The molecule has 17 heavy (non-hydrogen) atoms. The zero-order valence-electron chi connectivity index (χ0n) is 9.07. The van der Waals surface area contributed by atoms with E-state index < -0.39 is 34.1 Å². The van der Waals surface area contributed by atoms with Crippen LogP contribution in [-0.2, 0) is 19.1 Å². The van der Waals surface area contributed by atoms with Gasteiger partial charge in [-0.3, -0.25) is 9.08 Å². The molecule has 1 rings (SSSR count). The van der Waals surface area contributed by atoms with Crippen LogP contribution in [0, 0.1) is 5.92 Å². The molecular formula is C8H13NO7S. The van der Waals surface area contributed by atoms with E-state index in [0.717, 1.165) is 11.2 Å². The Morgan fingerprint density at radius 2 is 2.00 bits per heavy atom. The number of rotatable bonds is 4. The van der Waals surface area contributed by atoms with Gasteiger partial charge in [0.1, 0.15) is 6.04 Å². The van der Waals surface area contributed by atoms with Crippen LogP contribution in [0.1, 0.15) is 6.42 Å². The molecule has 0 saturated carbocycles. The summed E-state index contributed by atoms with van der Waals surface area (Å²) >= 11 is 0. The van der Waals surface area contributed by atoms with Gasteiger partial charge in [0.15, 0.2) is 0 Å². The maximum Gasteiger partial charge on any atom is 0.408 e. The van der Waals surface area contributed by atoms with Crippen molar-refractivity contribution >= 4 is 22.2 Å². The van der Waals surface area contributed by atoms with Crippen LogP contribution >= 0.6 is 0 Å². The van der Waals surface area contributed by atoms with Gasteiger partial charge in [-0.1, -0.05) is 0 Å². The summed E-state index contributed by atoms with van der Waals surface area (Å²) in [4.78, 5) is 22.3. The minimum Gasteiger partial charge on any atom is -0.480 e. The Bertz CT molecular complexity index is 396. The third-order valence-corrected chi connectivity index (χ3v) is 3.00. The highest BCUT2D eigenvalue weighted by Crippen LogP contribution is 2.24. The first-order valence-corrected chi connectivity index (χ1v) is 6.59. The van der Waals surface area contributed by atoms with Crippen molar-refractivity contribution in [1.29, 1.82) is 0 Å². The predicted octanol–water partition coefficient (Wildman–Crippen LogP) is -0.584. The van der Waals surface area contributed by atoms with E-state index in [1.165, 1.54) is 0 Å². The van der Waals surface area contributed by atoms with Gasteiger partial charge in [-0.05, 0) is 6.42 Å². The average Bonchev–Trinajstić information content (AvgIpc) is 2.57. The molecule has 98 valence electrons. The molecule has 0 aromatic rings. The highest BCUT2D eigenvalue weighted by molar-refractivity contribution is 7.85. The van der Waals surface area contributed by atoms with Crippen LogP contribution in [0.4, 0.5) is 4.79 Å². The molecule has 1 aliphatic heterocycles. The summed E-state index contributed by atoms with van der Waals surface area (Å²) in [5, 5.41) is 17.6. The number of amides is 1. The van der Waals surface area contributed by atoms with Crippen molar-refractivity contribution in [3.05, 3.63) is 0 Å². The summed E-state index contributed by atoms with van der Waals surface area (Å²) in [6.45, 7) is -0.242. The van der Waals surface area contributed by atoms with Crippen molar-refractivity contribution in [3.63, 3.8) is 0 Å². The van der Waals surface area contributed by atoms with Gasteiger partial charge < -0.3 is 10.2 Å². The molecule has 0 radical (unpaired) electrons.